The van der Waals surface area contributed by atoms with E-state index in [0.29, 0.717) is 30.6 Å². The van der Waals surface area contributed by atoms with Gasteiger partial charge in [-0.1, -0.05) is 23.4 Å². The molecule has 8 nitrogen and oxygen atoms in total. The van der Waals surface area contributed by atoms with Gasteiger partial charge in [0, 0.05) is 6.54 Å². The molecule has 1 amide bonds. The second-order valence-corrected chi connectivity index (χ2v) is 6.91. The van der Waals surface area contributed by atoms with Gasteiger partial charge in [-0.3, -0.25) is 4.90 Å². The molecule has 140 valence electrons. The predicted octanol–water partition coefficient (Wildman–Crippen LogP) is 2.96. The molecular weight excluding hydrogens is 338 g/mol. The zero-order valence-corrected chi connectivity index (χ0v) is 15.2. The number of aromatic nitrogens is 2. The van der Waals surface area contributed by atoms with Crippen LogP contribution in [0.1, 0.15) is 38.5 Å². The number of carbonyl (C=O) groups is 1. The van der Waals surface area contributed by atoms with E-state index in [1.165, 1.54) is 0 Å². The Bertz CT molecular complexity index is 726. The molecule has 0 N–H and O–H groups in total. The smallest absolute Gasteiger partial charge is 0.411 e. The fourth-order valence-electron chi connectivity index (χ4n) is 2.48. The first-order chi connectivity index (χ1) is 12.4. The van der Waals surface area contributed by atoms with Crippen LogP contribution in [0.4, 0.5) is 4.79 Å². The number of carbonyl (C=O) groups excluding carboxylic acids is 1. The molecule has 0 saturated carbocycles. The van der Waals surface area contributed by atoms with Crippen LogP contribution in [0, 0.1) is 0 Å². The first-order valence-electron chi connectivity index (χ1n) is 8.50. The van der Waals surface area contributed by atoms with Crippen LogP contribution in [0.15, 0.2) is 34.9 Å². The summed E-state index contributed by atoms with van der Waals surface area (Å²) in [6, 6.07) is 8.91. The Morgan fingerprint density at radius 3 is 2.81 bits per heavy atom. The number of benzene rings is 1. The van der Waals surface area contributed by atoms with E-state index in [0.717, 1.165) is 0 Å². The van der Waals surface area contributed by atoms with Gasteiger partial charge in [-0.15, -0.1) is 0 Å². The topological polar surface area (TPSA) is 86.9 Å². The number of nitrogens with zero attached hydrogens (tertiary/aromatic N) is 3. The zero-order valence-electron chi connectivity index (χ0n) is 15.2. The summed E-state index contributed by atoms with van der Waals surface area (Å²) >= 11 is 0. The summed E-state index contributed by atoms with van der Waals surface area (Å²) in [5.74, 6) is 1.42. The second kappa shape index (κ2) is 7.74. The zero-order chi connectivity index (χ0) is 18.6. The van der Waals surface area contributed by atoms with Gasteiger partial charge in [0.25, 0.3) is 5.89 Å². The lowest BCUT2D eigenvalue weighted by Gasteiger charge is -2.34. The number of para-hydroxylation sites is 1. The average molecular weight is 361 g/mol. The molecule has 2 heterocycles. The van der Waals surface area contributed by atoms with Crippen molar-refractivity contribution in [3.8, 4) is 5.75 Å². The van der Waals surface area contributed by atoms with Crippen LogP contribution in [-0.4, -0.2) is 46.5 Å². The first kappa shape index (κ1) is 18.2. The van der Waals surface area contributed by atoms with Crippen LogP contribution >= 0.6 is 0 Å². The molecule has 1 atom stereocenters. The van der Waals surface area contributed by atoms with Gasteiger partial charge in [-0.25, -0.2) is 4.79 Å². The van der Waals surface area contributed by atoms with Crippen LogP contribution in [-0.2, 0) is 16.1 Å². The third-order valence-electron chi connectivity index (χ3n) is 3.64. The molecule has 2 aromatic rings. The minimum atomic E-state index is -0.578. The number of ether oxygens (including phenoxy) is 3. The number of hydrogen-bond acceptors (Lipinski definition) is 7. The van der Waals surface area contributed by atoms with E-state index in [2.05, 4.69) is 10.1 Å². The SMILES string of the molecule is CC(C)(C)OC(=O)N1CCOC[C@H]1c1noc(COc2ccccc2)n1. The third-order valence-corrected chi connectivity index (χ3v) is 3.64. The van der Waals surface area contributed by atoms with Crippen LogP contribution < -0.4 is 4.74 Å². The molecule has 3 rings (SSSR count). The van der Waals surface area contributed by atoms with Crippen molar-refractivity contribution in [2.24, 2.45) is 0 Å². The quantitative estimate of drug-likeness (QED) is 0.827. The summed E-state index contributed by atoms with van der Waals surface area (Å²) in [5.41, 5.74) is -0.578. The molecular formula is C18H23N3O5. The Labute approximate surface area is 152 Å². The minimum Gasteiger partial charge on any atom is -0.484 e. The molecule has 1 aliphatic rings. The maximum Gasteiger partial charge on any atom is 0.411 e. The molecule has 1 saturated heterocycles. The van der Waals surface area contributed by atoms with Crippen molar-refractivity contribution in [1.29, 1.82) is 0 Å². The van der Waals surface area contributed by atoms with E-state index < -0.39 is 17.7 Å². The number of morpholine rings is 1. The van der Waals surface area contributed by atoms with E-state index in [4.69, 9.17) is 18.7 Å². The first-order valence-corrected chi connectivity index (χ1v) is 8.50. The summed E-state index contributed by atoms with van der Waals surface area (Å²) in [5, 5.41) is 3.99. The van der Waals surface area contributed by atoms with Gasteiger partial charge in [0.05, 0.1) is 13.2 Å². The lowest BCUT2D eigenvalue weighted by Crippen LogP contribution is -2.46. The van der Waals surface area contributed by atoms with Crippen molar-refractivity contribution < 1.29 is 23.5 Å². The largest absolute Gasteiger partial charge is 0.484 e. The highest BCUT2D eigenvalue weighted by molar-refractivity contribution is 5.68. The highest BCUT2D eigenvalue weighted by Gasteiger charge is 2.35. The molecule has 1 aliphatic heterocycles. The van der Waals surface area contributed by atoms with Gasteiger partial charge in [0.2, 0.25) is 0 Å². The number of rotatable bonds is 4. The van der Waals surface area contributed by atoms with Crippen LogP contribution in [0.5, 0.6) is 5.75 Å². The van der Waals surface area contributed by atoms with Crippen LogP contribution in [0.25, 0.3) is 0 Å². The van der Waals surface area contributed by atoms with Gasteiger partial charge in [-0.2, -0.15) is 4.98 Å². The minimum absolute atomic E-state index is 0.150. The maximum absolute atomic E-state index is 12.5. The Morgan fingerprint density at radius 2 is 2.08 bits per heavy atom. The monoisotopic (exact) mass is 361 g/mol. The van der Waals surface area contributed by atoms with Gasteiger partial charge >= 0.3 is 6.09 Å². The Balaban J connectivity index is 1.66. The van der Waals surface area contributed by atoms with E-state index in [9.17, 15) is 4.79 Å². The molecule has 8 heteroatoms. The molecule has 0 aliphatic carbocycles. The Morgan fingerprint density at radius 1 is 1.31 bits per heavy atom. The lowest BCUT2D eigenvalue weighted by molar-refractivity contribution is -0.0354. The van der Waals surface area contributed by atoms with Gasteiger partial charge in [-0.05, 0) is 32.9 Å². The fourth-order valence-corrected chi connectivity index (χ4v) is 2.48. The predicted molar refractivity (Wildman–Crippen MR) is 91.6 cm³/mol. The van der Waals surface area contributed by atoms with E-state index >= 15 is 0 Å². The van der Waals surface area contributed by atoms with Crippen LogP contribution in [0.2, 0.25) is 0 Å². The maximum atomic E-state index is 12.5. The van der Waals surface area contributed by atoms with Crippen LogP contribution in [0.3, 0.4) is 0 Å². The van der Waals surface area contributed by atoms with E-state index in [1.807, 2.05) is 51.1 Å². The van der Waals surface area contributed by atoms with Crippen molar-refractivity contribution >= 4 is 6.09 Å². The van der Waals surface area contributed by atoms with Crippen molar-refractivity contribution in [2.45, 2.75) is 39.0 Å². The summed E-state index contributed by atoms with van der Waals surface area (Å²) in [4.78, 5) is 18.4. The molecule has 0 radical (unpaired) electrons. The van der Waals surface area contributed by atoms with Crippen molar-refractivity contribution in [3.63, 3.8) is 0 Å². The summed E-state index contributed by atoms with van der Waals surface area (Å²) < 4.78 is 21.8. The van der Waals surface area contributed by atoms with Gasteiger partial charge in [0.1, 0.15) is 17.4 Å². The molecule has 1 fully saturated rings. The summed E-state index contributed by atoms with van der Waals surface area (Å²) in [6.45, 7) is 6.77. The molecule has 0 unspecified atom stereocenters. The van der Waals surface area contributed by atoms with Gasteiger partial charge < -0.3 is 18.7 Å². The average Bonchev–Trinajstić information content (AvgIpc) is 3.08. The van der Waals surface area contributed by atoms with E-state index in [1.54, 1.807) is 4.90 Å². The van der Waals surface area contributed by atoms with Crippen molar-refractivity contribution in [2.75, 3.05) is 19.8 Å². The molecule has 1 aromatic heterocycles. The number of hydrogen-bond donors (Lipinski definition) is 0. The normalized spacial score (nSPS) is 17.8. The van der Waals surface area contributed by atoms with Gasteiger partial charge in [0.15, 0.2) is 12.4 Å². The second-order valence-electron chi connectivity index (χ2n) is 6.91. The van der Waals surface area contributed by atoms with E-state index in [-0.39, 0.29) is 13.2 Å². The highest BCUT2D eigenvalue weighted by Crippen LogP contribution is 2.24. The molecule has 0 spiro atoms. The molecule has 26 heavy (non-hydrogen) atoms. The molecule has 0 bridgehead atoms. The Hall–Kier alpha value is -2.61. The highest BCUT2D eigenvalue weighted by atomic mass is 16.6. The van der Waals surface area contributed by atoms with Crippen molar-refractivity contribution in [3.05, 3.63) is 42.0 Å². The fraction of sp³-hybridized carbons (Fsp3) is 0.500. The molecule has 1 aromatic carbocycles. The number of amides is 1. The third kappa shape index (κ3) is 4.72. The van der Waals surface area contributed by atoms with Crippen molar-refractivity contribution in [1.82, 2.24) is 15.0 Å². The standard InChI is InChI=1S/C18H23N3O5/c1-18(2,3)25-17(22)21-9-10-23-11-14(21)16-19-15(26-20-16)12-24-13-7-5-4-6-8-13/h4-8,14H,9-12H2,1-3H3/t14-/m0/s1. The summed E-state index contributed by atoms with van der Waals surface area (Å²) in [7, 11) is 0. The Kier molecular flexibility index (Phi) is 5.41. The summed E-state index contributed by atoms with van der Waals surface area (Å²) in [6.07, 6.45) is -0.419. The lowest BCUT2D eigenvalue weighted by atomic mass is 10.2.